The predicted molar refractivity (Wildman–Crippen MR) is 108 cm³/mol. The maximum Gasteiger partial charge on any atom is 0.251 e. The number of nitrogens with one attached hydrogen (secondary N) is 1. The van der Waals surface area contributed by atoms with E-state index in [1.165, 1.54) is 18.4 Å². The zero-order chi connectivity index (χ0) is 17.5. The first kappa shape index (κ1) is 20.4. The molecule has 2 aromatic rings. The second kappa shape index (κ2) is 10.3. The summed E-state index contributed by atoms with van der Waals surface area (Å²) in [7, 11) is 0. The van der Waals surface area contributed by atoms with Crippen molar-refractivity contribution in [1.29, 1.82) is 0 Å². The quantitative estimate of drug-likeness (QED) is 0.816. The highest BCUT2D eigenvalue weighted by Gasteiger charge is 2.23. The van der Waals surface area contributed by atoms with Crippen LogP contribution >= 0.6 is 12.4 Å². The van der Waals surface area contributed by atoms with Crippen molar-refractivity contribution >= 4 is 18.3 Å². The minimum Gasteiger partial charge on any atom is -0.350 e. The summed E-state index contributed by atoms with van der Waals surface area (Å²) < 4.78 is 0. The van der Waals surface area contributed by atoms with Crippen LogP contribution < -0.4 is 11.1 Å². The molecule has 1 heterocycles. The molecule has 3 rings (SSSR count). The molecule has 1 saturated heterocycles. The van der Waals surface area contributed by atoms with E-state index in [9.17, 15) is 4.79 Å². The molecular formula is C21H28ClN3O. The topological polar surface area (TPSA) is 58.4 Å². The Morgan fingerprint density at radius 1 is 1.04 bits per heavy atom. The SMILES string of the molecule is Cl.NCc1ccc(C(=O)NCC2CCCCN2Cc2ccccc2)cc1. The summed E-state index contributed by atoms with van der Waals surface area (Å²) in [5.41, 5.74) is 8.67. The van der Waals surface area contributed by atoms with E-state index >= 15 is 0 Å². The van der Waals surface area contributed by atoms with Crippen molar-refractivity contribution in [3.63, 3.8) is 0 Å². The monoisotopic (exact) mass is 373 g/mol. The molecule has 5 heteroatoms. The van der Waals surface area contributed by atoms with Crippen LogP contribution in [-0.2, 0) is 13.1 Å². The van der Waals surface area contributed by atoms with Gasteiger partial charge in [0.25, 0.3) is 5.91 Å². The molecule has 0 radical (unpaired) electrons. The lowest BCUT2D eigenvalue weighted by Gasteiger charge is -2.36. The van der Waals surface area contributed by atoms with Crippen LogP contribution in [0.1, 0.15) is 40.7 Å². The van der Waals surface area contributed by atoms with Gasteiger partial charge in [-0.3, -0.25) is 9.69 Å². The number of nitrogens with two attached hydrogens (primary N) is 1. The third kappa shape index (κ3) is 5.56. The lowest BCUT2D eigenvalue weighted by atomic mass is 10.0. The van der Waals surface area contributed by atoms with Gasteiger partial charge in [-0.05, 0) is 42.6 Å². The number of carbonyl (C=O) groups excluding carboxylic acids is 1. The first-order chi connectivity index (χ1) is 12.3. The Hall–Kier alpha value is -1.88. The predicted octanol–water partition coefficient (Wildman–Crippen LogP) is 3.35. The van der Waals surface area contributed by atoms with Gasteiger partial charge in [0.2, 0.25) is 0 Å². The molecular weight excluding hydrogens is 346 g/mol. The molecule has 140 valence electrons. The molecule has 1 fully saturated rings. The first-order valence-corrected chi connectivity index (χ1v) is 9.11. The number of amides is 1. The number of benzene rings is 2. The van der Waals surface area contributed by atoms with E-state index < -0.39 is 0 Å². The van der Waals surface area contributed by atoms with E-state index in [0.29, 0.717) is 24.7 Å². The highest BCUT2D eigenvalue weighted by Crippen LogP contribution is 2.19. The molecule has 1 aliphatic rings. The molecule has 0 bridgehead atoms. The second-order valence-corrected chi connectivity index (χ2v) is 6.72. The van der Waals surface area contributed by atoms with Crippen LogP contribution in [0.4, 0.5) is 0 Å². The third-order valence-corrected chi connectivity index (χ3v) is 4.93. The van der Waals surface area contributed by atoms with Crippen molar-refractivity contribution in [3.8, 4) is 0 Å². The molecule has 1 aliphatic heterocycles. The summed E-state index contributed by atoms with van der Waals surface area (Å²) in [5, 5.41) is 3.11. The molecule has 26 heavy (non-hydrogen) atoms. The fraction of sp³-hybridized carbons (Fsp3) is 0.381. The molecule has 2 aromatic carbocycles. The minimum atomic E-state index is -0.00574. The number of hydrogen-bond acceptors (Lipinski definition) is 3. The summed E-state index contributed by atoms with van der Waals surface area (Å²) in [6, 6.07) is 18.5. The molecule has 0 spiro atoms. The molecule has 3 N–H and O–H groups in total. The van der Waals surface area contributed by atoms with E-state index in [-0.39, 0.29) is 18.3 Å². The zero-order valence-corrected chi connectivity index (χ0v) is 15.9. The van der Waals surface area contributed by atoms with Crippen molar-refractivity contribution in [2.45, 2.75) is 38.4 Å². The fourth-order valence-electron chi connectivity index (χ4n) is 3.42. The van der Waals surface area contributed by atoms with E-state index in [2.05, 4.69) is 34.5 Å². The van der Waals surface area contributed by atoms with E-state index in [0.717, 1.165) is 25.1 Å². The van der Waals surface area contributed by atoms with Gasteiger partial charge in [-0.25, -0.2) is 0 Å². The van der Waals surface area contributed by atoms with E-state index in [1.807, 2.05) is 30.3 Å². The van der Waals surface area contributed by atoms with Crippen molar-refractivity contribution in [3.05, 3.63) is 71.3 Å². The van der Waals surface area contributed by atoms with Crippen molar-refractivity contribution < 1.29 is 4.79 Å². The smallest absolute Gasteiger partial charge is 0.251 e. The molecule has 4 nitrogen and oxygen atoms in total. The molecule has 1 amide bonds. The molecule has 1 unspecified atom stereocenters. The molecule has 0 aliphatic carbocycles. The van der Waals surface area contributed by atoms with Crippen LogP contribution in [0, 0.1) is 0 Å². The maximum absolute atomic E-state index is 12.4. The number of halogens is 1. The highest BCUT2D eigenvalue weighted by molar-refractivity contribution is 5.94. The molecule has 0 saturated carbocycles. The lowest BCUT2D eigenvalue weighted by molar-refractivity contribution is 0.0907. The summed E-state index contributed by atoms with van der Waals surface area (Å²) >= 11 is 0. The summed E-state index contributed by atoms with van der Waals surface area (Å²) in [6.45, 7) is 3.25. The Balaban J connectivity index is 0.00000243. The zero-order valence-electron chi connectivity index (χ0n) is 15.1. The third-order valence-electron chi connectivity index (χ3n) is 4.93. The van der Waals surface area contributed by atoms with Crippen molar-refractivity contribution in [2.24, 2.45) is 5.73 Å². The largest absolute Gasteiger partial charge is 0.350 e. The Labute approximate surface area is 162 Å². The number of nitrogens with zero attached hydrogens (tertiary/aromatic N) is 1. The van der Waals surface area contributed by atoms with Crippen LogP contribution in [0.3, 0.4) is 0 Å². The molecule has 0 aromatic heterocycles. The van der Waals surface area contributed by atoms with Gasteiger partial charge in [-0.1, -0.05) is 48.9 Å². The van der Waals surface area contributed by atoms with Crippen LogP contribution in [0.5, 0.6) is 0 Å². The van der Waals surface area contributed by atoms with Gasteiger partial charge in [-0.15, -0.1) is 12.4 Å². The van der Waals surface area contributed by atoms with Gasteiger partial charge in [0.1, 0.15) is 0 Å². The minimum absolute atomic E-state index is 0. The van der Waals surface area contributed by atoms with Crippen LogP contribution in [0.2, 0.25) is 0 Å². The second-order valence-electron chi connectivity index (χ2n) is 6.72. The average Bonchev–Trinajstić information content (AvgIpc) is 2.68. The van der Waals surface area contributed by atoms with E-state index in [4.69, 9.17) is 5.73 Å². The van der Waals surface area contributed by atoms with Gasteiger partial charge in [-0.2, -0.15) is 0 Å². The normalized spacial score (nSPS) is 17.3. The van der Waals surface area contributed by atoms with E-state index in [1.54, 1.807) is 0 Å². The summed E-state index contributed by atoms with van der Waals surface area (Å²) in [6.07, 6.45) is 3.61. The van der Waals surface area contributed by atoms with Gasteiger partial charge in [0.15, 0.2) is 0 Å². The standard InChI is InChI=1S/C21H27N3O.ClH/c22-14-17-9-11-19(12-10-17)21(25)23-15-20-8-4-5-13-24(20)16-18-6-2-1-3-7-18;/h1-3,6-7,9-12,20H,4-5,8,13-16,22H2,(H,23,25);1H. The number of hydrogen-bond donors (Lipinski definition) is 2. The Bertz CT molecular complexity index is 675. The molecule has 1 atom stereocenters. The number of likely N-dealkylation sites (tertiary alicyclic amines) is 1. The van der Waals surface area contributed by atoms with Gasteiger partial charge in [0.05, 0.1) is 0 Å². The number of piperidine rings is 1. The summed E-state index contributed by atoms with van der Waals surface area (Å²) in [4.78, 5) is 14.9. The Morgan fingerprint density at radius 3 is 2.46 bits per heavy atom. The number of rotatable bonds is 6. The van der Waals surface area contributed by atoms with Crippen molar-refractivity contribution in [1.82, 2.24) is 10.2 Å². The fourth-order valence-corrected chi connectivity index (χ4v) is 3.42. The van der Waals surface area contributed by atoms with Crippen LogP contribution in [0.15, 0.2) is 54.6 Å². The lowest BCUT2D eigenvalue weighted by Crippen LogP contribution is -2.46. The van der Waals surface area contributed by atoms with Crippen molar-refractivity contribution in [2.75, 3.05) is 13.1 Å². The number of carbonyl (C=O) groups is 1. The van der Waals surface area contributed by atoms with Crippen LogP contribution in [0.25, 0.3) is 0 Å². The highest BCUT2D eigenvalue weighted by atomic mass is 35.5. The van der Waals surface area contributed by atoms with Gasteiger partial charge < -0.3 is 11.1 Å². The average molecular weight is 374 g/mol. The first-order valence-electron chi connectivity index (χ1n) is 9.11. The van der Waals surface area contributed by atoms with Gasteiger partial charge in [0, 0.05) is 31.2 Å². The maximum atomic E-state index is 12.4. The Morgan fingerprint density at radius 2 is 1.77 bits per heavy atom. The van der Waals surface area contributed by atoms with Crippen LogP contribution in [-0.4, -0.2) is 29.9 Å². The summed E-state index contributed by atoms with van der Waals surface area (Å²) in [5.74, 6) is -0.00574. The van der Waals surface area contributed by atoms with Gasteiger partial charge >= 0.3 is 0 Å². The Kier molecular flexibility index (Phi) is 8.10.